The van der Waals surface area contributed by atoms with E-state index < -0.39 is 41.3 Å². The monoisotopic (exact) mass is 444 g/mol. The molecule has 0 fully saturated rings. The topological polar surface area (TPSA) is 83.1 Å². The lowest BCUT2D eigenvalue weighted by atomic mass is 10.1. The molecule has 3 N–H and O–H groups in total. The zero-order valence-corrected chi connectivity index (χ0v) is 17.9. The van der Waals surface area contributed by atoms with Gasteiger partial charge in [0.25, 0.3) is 5.91 Å². The third-order valence-corrected chi connectivity index (χ3v) is 4.44. The summed E-state index contributed by atoms with van der Waals surface area (Å²) in [5.74, 6) is -4.84. The molecule has 2 rings (SSSR count). The Morgan fingerprint density at radius 2 is 1.84 bits per heavy atom. The number of nitrogens with zero attached hydrogens (tertiary/aromatic N) is 1. The van der Waals surface area contributed by atoms with Gasteiger partial charge in [-0.25, -0.2) is 18.2 Å². The van der Waals surface area contributed by atoms with E-state index >= 15 is 0 Å². The minimum Gasteiger partial charge on any atom is -0.355 e. The van der Waals surface area contributed by atoms with E-state index in [1.165, 1.54) is 19.3 Å². The lowest BCUT2D eigenvalue weighted by molar-refractivity contribution is -0.115. The van der Waals surface area contributed by atoms with Gasteiger partial charge < -0.3 is 16.0 Å². The van der Waals surface area contributed by atoms with Crippen molar-refractivity contribution in [3.05, 3.63) is 89.1 Å². The highest BCUT2D eigenvalue weighted by Crippen LogP contribution is 2.24. The molecule has 0 aliphatic rings. The molecule has 0 atom stereocenters. The second kappa shape index (κ2) is 10.9. The molecular formula is C23H23F3N4O2. The van der Waals surface area contributed by atoms with E-state index in [0.29, 0.717) is 11.8 Å². The Morgan fingerprint density at radius 3 is 2.47 bits per heavy atom. The maximum Gasteiger partial charge on any atom is 0.252 e. The quantitative estimate of drug-likeness (QED) is 0.414. The molecule has 1 heterocycles. The number of hydrogen-bond acceptors (Lipinski definition) is 4. The van der Waals surface area contributed by atoms with E-state index in [4.69, 9.17) is 0 Å². The van der Waals surface area contributed by atoms with E-state index in [2.05, 4.69) is 27.5 Å². The summed E-state index contributed by atoms with van der Waals surface area (Å²) in [5, 5.41) is 7.97. The Labute approximate surface area is 183 Å². The van der Waals surface area contributed by atoms with Gasteiger partial charge in [-0.3, -0.25) is 9.59 Å². The summed E-state index contributed by atoms with van der Waals surface area (Å²) in [6, 6.07) is 2.75. The van der Waals surface area contributed by atoms with Gasteiger partial charge in [-0.2, -0.15) is 0 Å². The van der Waals surface area contributed by atoms with Gasteiger partial charge in [0.2, 0.25) is 5.91 Å². The van der Waals surface area contributed by atoms with Crippen molar-refractivity contribution in [1.29, 1.82) is 0 Å². The number of pyridine rings is 1. The molecule has 168 valence electrons. The van der Waals surface area contributed by atoms with E-state index in [1.54, 1.807) is 18.2 Å². The third-order valence-electron chi connectivity index (χ3n) is 4.44. The number of aromatic nitrogens is 1. The van der Waals surface area contributed by atoms with E-state index in [9.17, 15) is 22.8 Å². The Kier molecular flexibility index (Phi) is 8.34. The zero-order chi connectivity index (χ0) is 23.8. The third kappa shape index (κ3) is 5.84. The van der Waals surface area contributed by atoms with Crippen molar-refractivity contribution < 1.29 is 22.8 Å². The van der Waals surface area contributed by atoms with Crippen LogP contribution in [0.2, 0.25) is 0 Å². The molecule has 9 heteroatoms. The van der Waals surface area contributed by atoms with Crippen molar-refractivity contribution in [3.8, 4) is 0 Å². The number of rotatable bonds is 8. The van der Waals surface area contributed by atoms with Crippen LogP contribution in [0.5, 0.6) is 0 Å². The van der Waals surface area contributed by atoms with Gasteiger partial charge in [-0.1, -0.05) is 18.7 Å². The van der Waals surface area contributed by atoms with Crippen LogP contribution in [-0.4, -0.2) is 23.8 Å². The lowest BCUT2D eigenvalue weighted by Gasteiger charge is -2.15. The fraction of sp³-hybridized carbons (Fsp3) is 0.174. The van der Waals surface area contributed by atoms with Crippen LogP contribution in [0.25, 0.3) is 0 Å². The van der Waals surface area contributed by atoms with Crippen LogP contribution >= 0.6 is 0 Å². The first-order valence-electron chi connectivity index (χ1n) is 9.59. The highest BCUT2D eigenvalue weighted by molar-refractivity contribution is 5.99. The molecule has 6 nitrogen and oxygen atoms in total. The van der Waals surface area contributed by atoms with Crippen molar-refractivity contribution >= 4 is 23.3 Å². The van der Waals surface area contributed by atoms with Gasteiger partial charge in [-0.15, -0.1) is 0 Å². The molecule has 2 aromatic rings. The van der Waals surface area contributed by atoms with Crippen molar-refractivity contribution in [2.75, 3.05) is 17.7 Å². The SMILES string of the molecule is C=C/C(C)=C(\C=C/C)Nc1ncc(C(=O)NC)cc1NC(=O)Cc1c(F)ccc(F)c1F. The van der Waals surface area contributed by atoms with E-state index in [0.717, 1.165) is 11.6 Å². The maximum absolute atomic E-state index is 13.9. The summed E-state index contributed by atoms with van der Waals surface area (Å²) in [7, 11) is 1.43. The number of benzene rings is 1. The molecule has 0 bridgehead atoms. The van der Waals surface area contributed by atoms with E-state index in [1.807, 2.05) is 13.8 Å². The normalized spacial score (nSPS) is 11.7. The number of hydrogen-bond donors (Lipinski definition) is 3. The summed E-state index contributed by atoms with van der Waals surface area (Å²) in [4.78, 5) is 28.7. The molecule has 1 aromatic carbocycles. The molecule has 2 amide bonds. The van der Waals surface area contributed by atoms with E-state index in [-0.39, 0.29) is 17.1 Å². The van der Waals surface area contributed by atoms with Gasteiger partial charge in [0.05, 0.1) is 17.7 Å². The van der Waals surface area contributed by atoms with Gasteiger partial charge in [0.1, 0.15) is 5.82 Å². The van der Waals surface area contributed by atoms with Crippen LogP contribution in [-0.2, 0) is 11.2 Å². The molecule has 0 radical (unpaired) electrons. The Morgan fingerprint density at radius 1 is 1.16 bits per heavy atom. The fourth-order valence-electron chi connectivity index (χ4n) is 2.69. The molecule has 0 spiro atoms. The van der Waals surface area contributed by atoms with Crippen molar-refractivity contribution in [1.82, 2.24) is 10.3 Å². The number of amides is 2. The van der Waals surface area contributed by atoms with Gasteiger partial charge >= 0.3 is 0 Å². The second-order valence-electron chi connectivity index (χ2n) is 6.67. The van der Waals surface area contributed by atoms with Gasteiger partial charge in [0.15, 0.2) is 17.5 Å². The van der Waals surface area contributed by atoms with Crippen LogP contribution in [0.15, 0.2) is 60.5 Å². The highest BCUT2D eigenvalue weighted by atomic mass is 19.2. The summed E-state index contributed by atoms with van der Waals surface area (Å²) < 4.78 is 41.3. The molecule has 0 saturated carbocycles. The second-order valence-corrected chi connectivity index (χ2v) is 6.67. The predicted octanol–water partition coefficient (Wildman–Crippen LogP) is 4.49. The first kappa shape index (κ1) is 24.4. The predicted molar refractivity (Wildman–Crippen MR) is 118 cm³/mol. The van der Waals surface area contributed by atoms with Crippen molar-refractivity contribution in [2.24, 2.45) is 0 Å². The Hall–Kier alpha value is -3.88. The van der Waals surface area contributed by atoms with Crippen LogP contribution in [0, 0.1) is 17.5 Å². The summed E-state index contributed by atoms with van der Waals surface area (Å²) in [5.41, 5.74) is 0.937. The molecule has 32 heavy (non-hydrogen) atoms. The molecular weight excluding hydrogens is 421 g/mol. The van der Waals surface area contributed by atoms with Gasteiger partial charge in [-0.05, 0) is 43.7 Å². The minimum absolute atomic E-state index is 0.0900. The summed E-state index contributed by atoms with van der Waals surface area (Å²) in [6.07, 6.45) is 5.70. The lowest BCUT2D eigenvalue weighted by Crippen LogP contribution is -2.21. The summed E-state index contributed by atoms with van der Waals surface area (Å²) in [6.45, 7) is 7.34. The number of nitrogens with one attached hydrogen (secondary N) is 3. The summed E-state index contributed by atoms with van der Waals surface area (Å²) >= 11 is 0. The molecule has 0 aliphatic heterocycles. The van der Waals surface area contributed by atoms with Crippen molar-refractivity contribution in [3.63, 3.8) is 0 Å². The first-order valence-corrected chi connectivity index (χ1v) is 9.59. The smallest absolute Gasteiger partial charge is 0.252 e. The zero-order valence-electron chi connectivity index (χ0n) is 17.9. The number of carbonyl (C=O) groups excluding carboxylic acids is 2. The maximum atomic E-state index is 13.9. The number of carbonyl (C=O) groups is 2. The molecule has 0 unspecified atom stereocenters. The molecule has 0 saturated heterocycles. The average Bonchev–Trinajstić information content (AvgIpc) is 2.78. The first-order chi connectivity index (χ1) is 15.2. The van der Waals surface area contributed by atoms with Gasteiger partial charge in [0, 0.05) is 24.5 Å². The standard InChI is InChI=1S/C23H23F3N4O2/c1-5-7-18(13(3)6-2)30-22-19(10-14(12-28-22)23(32)27-4)29-20(31)11-15-16(24)8-9-17(25)21(15)26/h5-10,12H,2,11H2,1,3-4H3,(H,27,32)(H,28,30)(H,29,31)/b7-5-,18-13+. The Bertz CT molecular complexity index is 1110. The Balaban J connectivity index is 2.43. The number of anilines is 2. The van der Waals surface area contributed by atoms with Crippen LogP contribution in [0.3, 0.4) is 0 Å². The minimum atomic E-state index is -1.43. The van der Waals surface area contributed by atoms with Crippen LogP contribution < -0.4 is 16.0 Å². The highest BCUT2D eigenvalue weighted by Gasteiger charge is 2.19. The molecule has 0 aliphatic carbocycles. The van der Waals surface area contributed by atoms with Crippen molar-refractivity contribution in [2.45, 2.75) is 20.3 Å². The number of halogens is 3. The fourth-order valence-corrected chi connectivity index (χ4v) is 2.69. The van der Waals surface area contributed by atoms with Crippen LogP contribution in [0.4, 0.5) is 24.7 Å². The average molecular weight is 444 g/mol. The van der Waals surface area contributed by atoms with Crippen LogP contribution in [0.1, 0.15) is 29.8 Å². The number of allylic oxidation sites excluding steroid dienone is 4. The largest absolute Gasteiger partial charge is 0.355 e. The molecule has 1 aromatic heterocycles.